The molecule has 0 aliphatic heterocycles. The van der Waals surface area contributed by atoms with Crippen LogP contribution in [0.5, 0.6) is 0 Å². The number of benzene rings is 1. The van der Waals surface area contributed by atoms with Crippen molar-refractivity contribution in [3.8, 4) is 0 Å². The summed E-state index contributed by atoms with van der Waals surface area (Å²) in [5.74, 6) is -1.18. The lowest BCUT2D eigenvalue weighted by atomic mass is 9.97. The zero-order chi connectivity index (χ0) is 34.7. The van der Waals surface area contributed by atoms with E-state index in [-0.39, 0.29) is 18.4 Å². The van der Waals surface area contributed by atoms with E-state index in [2.05, 4.69) is 31.8 Å². The van der Waals surface area contributed by atoms with Gasteiger partial charge in [0.25, 0.3) is 0 Å². The molecule has 1 aromatic carbocycles. The minimum atomic E-state index is -0.940. The molecule has 0 unspecified atom stereocenters. The first-order chi connectivity index (χ1) is 21.6. The van der Waals surface area contributed by atoms with Gasteiger partial charge in [0.05, 0.1) is 6.04 Å². The Balaban J connectivity index is 2.91. The van der Waals surface area contributed by atoms with E-state index in [0.29, 0.717) is 38.6 Å². The van der Waals surface area contributed by atoms with Crippen molar-refractivity contribution < 1.29 is 33.4 Å². The first-order valence-electron chi connectivity index (χ1n) is 15.7. The number of alkyl carbamates (subject to hydrolysis) is 2. The Kier molecular flexibility index (Phi) is 17.8. The number of hydrazone groups is 1. The van der Waals surface area contributed by atoms with Crippen LogP contribution in [0.3, 0.4) is 0 Å². The van der Waals surface area contributed by atoms with Crippen molar-refractivity contribution in [3.63, 3.8) is 0 Å². The average molecular weight is 648 g/mol. The highest BCUT2D eigenvalue weighted by Crippen LogP contribution is 2.12. The molecule has 14 nitrogen and oxygen atoms in total. The van der Waals surface area contributed by atoms with Gasteiger partial charge in [0.15, 0.2) is 0 Å². The van der Waals surface area contributed by atoms with E-state index < -0.39 is 53.8 Å². The number of unbranched alkanes of at least 4 members (excludes halogenated alkanes) is 1. The van der Waals surface area contributed by atoms with E-state index in [1.54, 1.807) is 20.8 Å². The van der Waals surface area contributed by atoms with Gasteiger partial charge in [-0.05, 0) is 63.9 Å². The normalized spacial score (nSPS) is 14.0. The molecule has 0 saturated carbocycles. The van der Waals surface area contributed by atoms with Gasteiger partial charge in [-0.25, -0.2) is 19.8 Å². The van der Waals surface area contributed by atoms with Crippen LogP contribution in [-0.2, 0) is 25.7 Å². The number of primary amides is 1. The molecule has 4 atom stereocenters. The van der Waals surface area contributed by atoms with Crippen molar-refractivity contribution in [1.82, 2.24) is 26.7 Å². The second-order valence-corrected chi connectivity index (χ2v) is 12.6. The van der Waals surface area contributed by atoms with E-state index in [1.165, 1.54) is 6.21 Å². The van der Waals surface area contributed by atoms with Crippen molar-refractivity contribution in [2.24, 2.45) is 22.7 Å². The third kappa shape index (κ3) is 17.8. The zero-order valence-electron chi connectivity index (χ0n) is 28.2. The first kappa shape index (κ1) is 39.7. The third-order valence-corrected chi connectivity index (χ3v) is 6.69. The van der Waals surface area contributed by atoms with Crippen molar-refractivity contribution in [2.75, 3.05) is 6.54 Å². The zero-order valence-corrected chi connectivity index (χ0v) is 28.2. The molecule has 7 N–H and O–H groups in total. The Morgan fingerprint density at radius 2 is 1.61 bits per heavy atom. The van der Waals surface area contributed by atoms with Crippen LogP contribution < -0.4 is 32.4 Å². The molecule has 0 bridgehead atoms. The van der Waals surface area contributed by atoms with Crippen LogP contribution in [0.2, 0.25) is 0 Å². The maximum atomic E-state index is 13.5. The molecule has 46 heavy (non-hydrogen) atoms. The van der Waals surface area contributed by atoms with Gasteiger partial charge in [-0.3, -0.25) is 9.59 Å². The second-order valence-electron chi connectivity index (χ2n) is 12.6. The predicted molar refractivity (Wildman–Crippen MR) is 176 cm³/mol. The molecule has 0 fully saturated rings. The molecule has 0 radical (unpaired) electrons. The third-order valence-electron chi connectivity index (χ3n) is 6.69. The maximum absolute atomic E-state index is 13.5. The van der Waals surface area contributed by atoms with E-state index in [4.69, 9.17) is 15.2 Å². The van der Waals surface area contributed by atoms with E-state index in [0.717, 1.165) is 5.56 Å². The van der Waals surface area contributed by atoms with Crippen LogP contribution in [0, 0.1) is 11.8 Å². The highest BCUT2D eigenvalue weighted by molar-refractivity contribution is 5.92. The Morgan fingerprint density at radius 1 is 0.935 bits per heavy atom. The SMILES string of the molecule is CC[C@H](C)[C@H](NC(=O)OCc1ccccc1)C(=O)N[C@@H](CC(C)C)C(=O)N[C@H](/C=N/NC(N)=O)CCCCNC(=O)OC(C)(C)C. The van der Waals surface area contributed by atoms with Crippen LogP contribution in [-0.4, -0.2) is 66.5 Å². The topological polar surface area (TPSA) is 202 Å². The number of urea groups is 1. The maximum Gasteiger partial charge on any atom is 0.408 e. The lowest BCUT2D eigenvalue weighted by Gasteiger charge is -2.27. The molecule has 0 spiro atoms. The lowest BCUT2D eigenvalue weighted by molar-refractivity contribution is -0.131. The van der Waals surface area contributed by atoms with Crippen molar-refractivity contribution in [3.05, 3.63) is 35.9 Å². The fourth-order valence-corrected chi connectivity index (χ4v) is 4.21. The number of ether oxygens (including phenoxy) is 2. The number of hydrogen-bond donors (Lipinski definition) is 6. The number of carbonyl (C=O) groups is 5. The molecule has 6 amide bonds. The minimum absolute atomic E-state index is 0.0458. The fourth-order valence-electron chi connectivity index (χ4n) is 4.21. The molecule has 0 aliphatic carbocycles. The smallest absolute Gasteiger partial charge is 0.408 e. The molecule has 14 heteroatoms. The van der Waals surface area contributed by atoms with Gasteiger partial charge in [-0.2, -0.15) is 5.10 Å². The molecular formula is C32H53N7O7. The van der Waals surface area contributed by atoms with Gasteiger partial charge in [-0.15, -0.1) is 0 Å². The summed E-state index contributed by atoms with van der Waals surface area (Å²) in [5, 5.41) is 14.8. The Morgan fingerprint density at radius 3 is 2.20 bits per heavy atom. The summed E-state index contributed by atoms with van der Waals surface area (Å²) >= 11 is 0. The molecule has 1 rings (SSSR count). The van der Waals surface area contributed by atoms with Gasteiger partial charge < -0.3 is 36.5 Å². The van der Waals surface area contributed by atoms with Crippen molar-refractivity contribution in [2.45, 2.75) is 111 Å². The Bertz CT molecular complexity index is 1140. The molecule has 1 aromatic rings. The summed E-state index contributed by atoms with van der Waals surface area (Å²) in [6, 6.07) is 5.83. The summed E-state index contributed by atoms with van der Waals surface area (Å²) < 4.78 is 10.6. The van der Waals surface area contributed by atoms with E-state index in [9.17, 15) is 24.0 Å². The summed E-state index contributed by atoms with van der Waals surface area (Å²) in [5.41, 5.74) is 7.42. The number of nitrogens with zero attached hydrogens (tertiary/aromatic N) is 1. The number of amides is 6. The highest BCUT2D eigenvalue weighted by Gasteiger charge is 2.31. The molecule has 0 saturated heterocycles. The molecule has 0 aromatic heterocycles. The number of carbonyl (C=O) groups excluding carboxylic acids is 5. The first-order valence-corrected chi connectivity index (χ1v) is 15.7. The summed E-state index contributed by atoms with van der Waals surface area (Å²) in [7, 11) is 0. The monoisotopic (exact) mass is 647 g/mol. The molecule has 0 heterocycles. The largest absolute Gasteiger partial charge is 0.445 e. The number of nitrogens with two attached hydrogens (primary N) is 1. The number of rotatable bonds is 18. The van der Waals surface area contributed by atoms with Crippen LogP contribution in [0.15, 0.2) is 35.4 Å². The van der Waals surface area contributed by atoms with Gasteiger partial charge >= 0.3 is 18.2 Å². The fraction of sp³-hybridized carbons (Fsp3) is 0.625. The second kappa shape index (κ2) is 20.6. The number of nitrogens with one attached hydrogen (secondary N) is 5. The van der Waals surface area contributed by atoms with Gasteiger partial charge in [0.2, 0.25) is 11.8 Å². The summed E-state index contributed by atoms with van der Waals surface area (Å²) in [4.78, 5) is 62.6. The van der Waals surface area contributed by atoms with Gasteiger partial charge in [0.1, 0.15) is 24.3 Å². The highest BCUT2D eigenvalue weighted by atomic mass is 16.6. The van der Waals surface area contributed by atoms with Crippen LogP contribution in [0.25, 0.3) is 0 Å². The van der Waals surface area contributed by atoms with Crippen molar-refractivity contribution in [1.29, 1.82) is 0 Å². The number of hydrogen-bond acceptors (Lipinski definition) is 8. The molecule has 258 valence electrons. The van der Waals surface area contributed by atoms with Crippen LogP contribution in [0.4, 0.5) is 14.4 Å². The van der Waals surface area contributed by atoms with Crippen LogP contribution >= 0.6 is 0 Å². The predicted octanol–water partition coefficient (Wildman–Crippen LogP) is 3.69. The lowest BCUT2D eigenvalue weighted by Crippen LogP contribution is -2.57. The minimum Gasteiger partial charge on any atom is -0.445 e. The van der Waals surface area contributed by atoms with E-state index in [1.807, 2.05) is 58.0 Å². The van der Waals surface area contributed by atoms with Crippen molar-refractivity contribution >= 4 is 36.2 Å². The van der Waals surface area contributed by atoms with E-state index >= 15 is 0 Å². The van der Waals surface area contributed by atoms with Gasteiger partial charge in [-0.1, -0.05) is 64.4 Å². The Labute approximate surface area is 272 Å². The molecular weight excluding hydrogens is 594 g/mol. The summed E-state index contributed by atoms with van der Waals surface area (Å²) in [6.45, 7) is 13.3. The van der Waals surface area contributed by atoms with Crippen LogP contribution in [0.1, 0.15) is 86.1 Å². The quantitative estimate of drug-likeness (QED) is 0.0792. The Hall–Kier alpha value is -4.36. The standard InChI is InChI=1S/C32H53N7O7/c1-8-22(4)26(38-31(44)45-20-23-14-10-9-11-15-23)28(41)37-25(18-21(2)3)27(40)36-24(19-35-39-29(33)42)16-12-13-17-34-30(43)46-32(5,6)7/h9-11,14-15,19,21-22,24-26H,8,12-13,16-18,20H2,1-7H3,(H,34,43)(H,36,40)(H,37,41)(H,38,44)(H3,33,39,42)/b35-19+/t22-,24-,25-,26-/m0/s1. The molecule has 0 aliphatic rings. The summed E-state index contributed by atoms with van der Waals surface area (Å²) in [6.07, 6.45) is 2.58. The van der Waals surface area contributed by atoms with Gasteiger partial charge in [0, 0.05) is 12.8 Å². The average Bonchev–Trinajstić information content (AvgIpc) is 2.96.